The Labute approximate surface area is 216 Å². The number of ether oxygens (including phenoxy) is 2. The molecule has 1 saturated heterocycles. The number of benzene rings is 2. The number of hydrogen-bond donors (Lipinski definition) is 2. The average Bonchev–Trinajstić information content (AvgIpc) is 2.97. The van der Waals surface area contributed by atoms with Crippen LogP contribution in [0, 0.1) is 0 Å². The van der Waals surface area contributed by atoms with Crippen molar-refractivity contribution in [2.45, 2.75) is 13.2 Å². The molecular weight excluding hydrogens is 466 g/mol. The molecule has 3 heterocycles. The van der Waals surface area contributed by atoms with E-state index >= 15 is 0 Å². The number of morpholine rings is 1. The molecular formula is C29H29N5O3. The minimum atomic E-state index is -0.278. The Hall–Kier alpha value is -4.43. The fraction of sp³-hybridized carbons (Fsp3) is 0.207. The molecule has 0 atom stereocenters. The fourth-order valence-corrected chi connectivity index (χ4v) is 4.14. The highest BCUT2D eigenvalue weighted by molar-refractivity contribution is 5.89. The maximum absolute atomic E-state index is 12.2. The normalized spacial score (nSPS) is 13.1. The van der Waals surface area contributed by atoms with Gasteiger partial charge in [-0.05, 0) is 64.7 Å². The average molecular weight is 496 g/mol. The number of amides is 2. The summed E-state index contributed by atoms with van der Waals surface area (Å²) >= 11 is 0. The van der Waals surface area contributed by atoms with Gasteiger partial charge in [0.15, 0.2) is 0 Å². The molecule has 1 aliphatic rings. The molecule has 0 saturated carbocycles. The van der Waals surface area contributed by atoms with Crippen LogP contribution in [0.4, 0.5) is 16.3 Å². The summed E-state index contributed by atoms with van der Waals surface area (Å²) in [7, 11) is 0. The zero-order valence-electron chi connectivity index (χ0n) is 20.5. The molecule has 4 aromatic rings. The lowest BCUT2D eigenvalue weighted by Gasteiger charge is -2.28. The number of pyridine rings is 2. The van der Waals surface area contributed by atoms with Crippen molar-refractivity contribution < 1.29 is 14.3 Å². The highest BCUT2D eigenvalue weighted by Gasteiger charge is 2.14. The summed E-state index contributed by atoms with van der Waals surface area (Å²) in [5.41, 5.74) is 4.92. The van der Waals surface area contributed by atoms with Crippen LogP contribution in [0.25, 0.3) is 11.1 Å². The first-order chi connectivity index (χ1) is 18.2. The Balaban J connectivity index is 1.19. The van der Waals surface area contributed by atoms with Crippen LogP contribution in [0.15, 0.2) is 91.4 Å². The number of rotatable bonds is 8. The smallest absolute Gasteiger partial charge is 0.319 e. The molecule has 0 spiro atoms. The van der Waals surface area contributed by atoms with Crippen molar-refractivity contribution in [3.8, 4) is 16.9 Å². The minimum absolute atomic E-state index is 0.278. The zero-order valence-corrected chi connectivity index (χ0v) is 20.5. The maximum Gasteiger partial charge on any atom is 0.319 e. The molecule has 2 N–H and O–H groups in total. The molecule has 1 aliphatic heterocycles. The second-order valence-electron chi connectivity index (χ2n) is 8.64. The molecule has 0 bridgehead atoms. The summed E-state index contributed by atoms with van der Waals surface area (Å²) in [6.07, 6.45) is 5.28. The van der Waals surface area contributed by atoms with Crippen LogP contribution in [0.2, 0.25) is 0 Å². The highest BCUT2D eigenvalue weighted by Crippen LogP contribution is 2.28. The van der Waals surface area contributed by atoms with Crippen LogP contribution in [0.1, 0.15) is 11.1 Å². The second-order valence-corrected chi connectivity index (χ2v) is 8.64. The van der Waals surface area contributed by atoms with Crippen LogP contribution in [0.3, 0.4) is 0 Å². The van der Waals surface area contributed by atoms with E-state index in [9.17, 15) is 4.79 Å². The standard InChI is InChI=1S/C29H29N5O3/c35-29(32-20-22-4-3-12-30-19-22)33-25-7-9-26(10-8-25)37-21-24-5-1-2-6-27(24)23-11-13-31-28(18-23)34-14-16-36-17-15-34/h1-13,18-19H,14-17,20-21H2,(H2,32,33,35). The third-order valence-electron chi connectivity index (χ3n) is 6.09. The van der Waals surface area contributed by atoms with Gasteiger partial charge in [-0.15, -0.1) is 0 Å². The van der Waals surface area contributed by atoms with Gasteiger partial charge >= 0.3 is 6.03 Å². The van der Waals surface area contributed by atoms with Gasteiger partial charge in [0, 0.05) is 43.9 Å². The van der Waals surface area contributed by atoms with Gasteiger partial charge in [-0.2, -0.15) is 0 Å². The number of nitrogens with zero attached hydrogens (tertiary/aromatic N) is 3. The van der Waals surface area contributed by atoms with Gasteiger partial charge in [-0.1, -0.05) is 30.3 Å². The Morgan fingerprint density at radius 3 is 2.62 bits per heavy atom. The summed E-state index contributed by atoms with van der Waals surface area (Å²) < 4.78 is 11.6. The van der Waals surface area contributed by atoms with Crippen molar-refractivity contribution in [3.63, 3.8) is 0 Å². The topological polar surface area (TPSA) is 88.6 Å². The molecule has 8 nitrogen and oxygen atoms in total. The molecule has 188 valence electrons. The quantitative estimate of drug-likeness (QED) is 0.362. The lowest BCUT2D eigenvalue weighted by Crippen LogP contribution is -2.36. The molecule has 37 heavy (non-hydrogen) atoms. The molecule has 2 aromatic heterocycles. The van der Waals surface area contributed by atoms with Crippen molar-refractivity contribution in [2.24, 2.45) is 0 Å². The lowest BCUT2D eigenvalue weighted by molar-refractivity contribution is 0.122. The first-order valence-electron chi connectivity index (χ1n) is 12.3. The van der Waals surface area contributed by atoms with E-state index < -0.39 is 0 Å². The predicted molar refractivity (Wildman–Crippen MR) is 144 cm³/mol. The molecule has 5 rings (SSSR count). The molecule has 0 aliphatic carbocycles. The Morgan fingerprint density at radius 1 is 0.973 bits per heavy atom. The number of anilines is 2. The second kappa shape index (κ2) is 12.0. The maximum atomic E-state index is 12.2. The van der Waals surface area contributed by atoms with Crippen LogP contribution < -0.4 is 20.3 Å². The van der Waals surface area contributed by atoms with Crippen LogP contribution >= 0.6 is 0 Å². The summed E-state index contributed by atoms with van der Waals surface area (Å²) in [5.74, 6) is 1.68. The van der Waals surface area contributed by atoms with Crippen molar-refractivity contribution in [1.29, 1.82) is 0 Å². The molecule has 1 fully saturated rings. The van der Waals surface area contributed by atoms with Crippen LogP contribution in [0.5, 0.6) is 5.75 Å². The molecule has 8 heteroatoms. The van der Waals surface area contributed by atoms with Gasteiger partial charge in [-0.3, -0.25) is 4.98 Å². The van der Waals surface area contributed by atoms with E-state index in [2.05, 4.69) is 43.7 Å². The van der Waals surface area contributed by atoms with Crippen LogP contribution in [-0.4, -0.2) is 42.3 Å². The number of carbonyl (C=O) groups excluding carboxylic acids is 1. The number of nitrogens with one attached hydrogen (secondary N) is 2. The van der Waals surface area contributed by atoms with Crippen molar-refractivity contribution in [1.82, 2.24) is 15.3 Å². The van der Waals surface area contributed by atoms with E-state index in [4.69, 9.17) is 9.47 Å². The summed E-state index contributed by atoms with van der Waals surface area (Å²) in [4.78, 5) is 23.1. The molecule has 2 amide bonds. The van der Waals surface area contributed by atoms with E-state index in [1.807, 2.05) is 60.8 Å². The van der Waals surface area contributed by atoms with Gasteiger partial charge in [0.1, 0.15) is 18.2 Å². The number of urea groups is 1. The third kappa shape index (κ3) is 6.62. The first kappa shape index (κ1) is 24.3. The van der Waals surface area contributed by atoms with Gasteiger partial charge in [0.05, 0.1) is 13.2 Å². The SMILES string of the molecule is O=C(NCc1cccnc1)Nc1ccc(OCc2ccccc2-c2ccnc(N3CCOCC3)c2)cc1. The number of aromatic nitrogens is 2. The lowest BCUT2D eigenvalue weighted by atomic mass is 10.0. The first-order valence-corrected chi connectivity index (χ1v) is 12.3. The summed E-state index contributed by atoms with van der Waals surface area (Å²) in [5, 5.41) is 5.65. The highest BCUT2D eigenvalue weighted by atomic mass is 16.5. The molecule has 0 radical (unpaired) electrons. The van der Waals surface area contributed by atoms with Crippen molar-refractivity contribution >= 4 is 17.5 Å². The summed E-state index contributed by atoms with van der Waals surface area (Å²) in [6.45, 7) is 3.97. The number of carbonyl (C=O) groups is 1. The van der Waals surface area contributed by atoms with E-state index in [1.54, 1.807) is 12.4 Å². The largest absolute Gasteiger partial charge is 0.489 e. The molecule has 0 unspecified atom stereocenters. The van der Waals surface area contributed by atoms with Gasteiger partial charge in [0.25, 0.3) is 0 Å². The Bertz CT molecular complexity index is 1310. The van der Waals surface area contributed by atoms with Gasteiger partial charge < -0.3 is 25.0 Å². The van der Waals surface area contributed by atoms with E-state index in [-0.39, 0.29) is 6.03 Å². The Morgan fingerprint density at radius 2 is 1.81 bits per heavy atom. The fourth-order valence-electron chi connectivity index (χ4n) is 4.14. The van der Waals surface area contributed by atoms with Crippen molar-refractivity contribution in [2.75, 3.05) is 36.5 Å². The van der Waals surface area contributed by atoms with Crippen LogP contribution in [-0.2, 0) is 17.9 Å². The Kier molecular flexibility index (Phi) is 7.88. The van der Waals surface area contributed by atoms with Gasteiger partial charge in [0.2, 0.25) is 0 Å². The zero-order chi connectivity index (χ0) is 25.3. The van der Waals surface area contributed by atoms with E-state index in [0.717, 1.165) is 60.1 Å². The van der Waals surface area contributed by atoms with Gasteiger partial charge in [-0.25, -0.2) is 9.78 Å². The number of hydrogen-bond acceptors (Lipinski definition) is 6. The predicted octanol–water partition coefficient (Wildman–Crippen LogP) is 4.88. The molecule has 2 aromatic carbocycles. The summed E-state index contributed by atoms with van der Waals surface area (Å²) in [6, 6.07) is 23.2. The minimum Gasteiger partial charge on any atom is -0.489 e. The van der Waals surface area contributed by atoms with Crippen molar-refractivity contribution in [3.05, 3.63) is 103 Å². The third-order valence-corrected chi connectivity index (χ3v) is 6.09. The van der Waals surface area contributed by atoms with E-state index in [1.165, 1.54) is 0 Å². The monoisotopic (exact) mass is 495 g/mol. The van der Waals surface area contributed by atoms with E-state index in [0.29, 0.717) is 18.8 Å².